The minimum atomic E-state index is -0.405. The highest BCUT2D eigenvalue weighted by Gasteiger charge is 2.28. The lowest BCUT2D eigenvalue weighted by molar-refractivity contribution is -0.117. The van der Waals surface area contributed by atoms with Gasteiger partial charge in [0.1, 0.15) is 0 Å². The van der Waals surface area contributed by atoms with Gasteiger partial charge in [-0.2, -0.15) is 11.3 Å². The fourth-order valence-corrected chi connectivity index (χ4v) is 5.41. The summed E-state index contributed by atoms with van der Waals surface area (Å²) in [5, 5.41) is 18.2. The van der Waals surface area contributed by atoms with Crippen molar-refractivity contribution in [1.29, 1.82) is 0 Å². The number of pyridine rings is 2. The maximum atomic E-state index is 13.1. The van der Waals surface area contributed by atoms with Crippen molar-refractivity contribution in [3.8, 4) is 11.1 Å². The molecule has 9 nitrogen and oxygen atoms in total. The maximum absolute atomic E-state index is 13.1. The summed E-state index contributed by atoms with van der Waals surface area (Å²) in [5.41, 5.74) is 4.39. The third-order valence-corrected chi connectivity index (χ3v) is 7.28. The van der Waals surface area contributed by atoms with E-state index in [9.17, 15) is 9.59 Å². The Labute approximate surface area is 213 Å². The summed E-state index contributed by atoms with van der Waals surface area (Å²) in [7, 11) is 0. The molecule has 5 heterocycles. The number of fused-ring (bicyclic) bond motifs is 1. The zero-order valence-electron chi connectivity index (χ0n) is 20.6. The molecule has 10 heteroatoms. The first-order valence-electron chi connectivity index (χ1n) is 12.1. The Morgan fingerprint density at radius 1 is 1.17 bits per heavy atom. The van der Waals surface area contributed by atoms with Gasteiger partial charge in [0.05, 0.1) is 23.3 Å². The van der Waals surface area contributed by atoms with Crippen molar-refractivity contribution in [2.75, 3.05) is 17.2 Å². The molecule has 0 radical (unpaired) electrons. The van der Waals surface area contributed by atoms with Crippen LogP contribution in [0.1, 0.15) is 49.4 Å². The standard InChI is InChI=1S/C26H29N7O2S/c1-16(2)32-8-4-5-21(32)13-24(34)28-20-12-22(17(3)27-14-20)29-26(35)25-31-30-23-11-18(6-9-33(23)25)19-7-10-36-15-19/h6-7,9-12,14-16,21H,4-5,8,13H2,1-3H3,(H,28,34)(H,29,35)/t21-/m0/s1. The molecule has 2 amide bonds. The topological polar surface area (TPSA) is 105 Å². The Bertz CT molecular complexity index is 1400. The van der Waals surface area contributed by atoms with Crippen LogP contribution >= 0.6 is 11.3 Å². The predicted molar refractivity (Wildman–Crippen MR) is 141 cm³/mol. The number of anilines is 2. The van der Waals surface area contributed by atoms with E-state index in [1.54, 1.807) is 41.1 Å². The Morgan fingerprint density at radius 2 is 2.03 bits per heavy atom. The van der Waals surface area contributed by atoms with Crippen molar-refractivity contribution in [1.82, 2.24) is 24.5 Å². The number of amides is 2. The number of aryl methyl sites for hydroxylation is 1. The van der Waals surface area contributed by atoms with Gasteiger partial charge in [0, 0.05) is 24.7 Å². The predicted octanol–water partition coefficient (Wildman–Crippen LogP) is 4.61. The summed E-state index contributed by atoms with van der Waals surface area (Å²) >= 11 is 1.62. The molecule has 1 aliphatic heterocycles. The number of carbonyl (C=O) groups excluding carboxylic acids is 2. The Hall–Kier alpha value is -3.63. The molecular formula is C26H29N7O2S. The second-order valence-corrected chi connectivity index (χ2v) is 10.2. The summed E-state index contributed by atoms with van der Waals surface area (Å²) < 4.78 is 1.65. The molecule has 2 N–H and O–H groups in total. The number of carbonyl (C=O) groups is 2. The van der Waals surface area contributed by atoms with Crippen LogP contribution < -0.4 is 10.6 Å². The van der Waals surface area contributed by atoms with Crippen LogP contribution in [-0.4, -0.2) is 54.9 Å². The molecule has 0 aliphatic carbocycles. The fourth-order valence-electron chi connectivity index (χ4n) is 4.74. The largest absolute Gasteiger partial charge is 0.325 e. The van der Waals surface area contributed by atoms with Crippen molar-refractivity contribution in [2.45, 2.75) is 52.1 Å². The van der Waals surface area contributed by atoms with E-state index in [2.05, 4.69) is 49.9 Å². The molecule has 4 aromatic rings. The van der Waals surface area contributed by atoms with Crippen LogP contribution in [0.2, 0.25) is 0 Å². The molecule has 1 atom stereocenters. The van der Waals surface area contributed by atoms with Crippen LogP contribution in [0.3, 0.4) is 0 Å². The van der Waals surface area contributed by atoms with E-state index in [1.807, 2.05) is 23.6 Å². The van der Waals surface area contributed by atoms with Crippen LogP contribution in [0.4, 0.5) is 11.4 Å². The lowest BCUT2D eigenvalue weighted by Gasteiger charge is -2.27. The molecule has 0 saturated carbocycles. The maximum Gasteiger partial charge on any atom is 0.294 e. The number of likely N-dealkylation sites (tertiary alicyclic amines) is 1. The molecule has 5 rings (SSSR count). The van der Waals surface area contributed by atoms with Crippen LogP contribution in [0.5, 0.6) is 0 Å². The van der Waals surface area contributed by atoms with E-state index in [0.717, 1.165) is 30.5 Å². The summed E-state index contributed by atoms with van der Waals surface area (Å²) in [6, 6.07) is 8.27. The number of hydrogen-bond acceptors (Lipinski definition) is 7. The van der Waals surface area contributed by atoms with Gasteiger partial charge in [-0.1, -0.05) is 0 Å². The van der Waals surface area contributed by atoms with Crippen LogP contribution in [-0.2, 0) is 4.79 Å². The third kappa shape index (κ3) is 5.00. The lowest BCUT2D eigenvalue weighted by atomic mass is 10.1. The van der Waals surface area contributed by atoms with E-state index >= 15 is 0 Å². The molecule has 0 aromatic carbocycles. The van der Waals surface area contributed by atoms with Gasteiger partial charge in [-0.05, 0) is 86.3 Å². The lowest BCUT2D eigenvalue weighted by Crippen LogP contribution is -2.37. The van der Waals surface area contributed by atoms with Gasteiger partial charge in [-0.25, -0.2) is 0 Å². The minimum absolute atomic E-state index is 0.0552. The fraction of sp³-hybridized carbons (Fsp3) is 0.346. The number of thiophene rings is 1. The Morgan fingerprint density at radius 3 is 2.81 bits per heavy atom. The summed E-state index contributed by atoms with van der Waals surface area (Å²) in [4.78, 5) is 32.5. The Balaban J connectivity index is 1.28. The number of nitrogens with zero attached hydrogens (tertiary/aromatic N) is 5. The first-order chi connectivity index (χ1) is 17.4. The second kappa shape index (κ2) is 10.2. The zero-order chi connectivity index (χ0) is 25.2. The van der Waals surface area contributed by atoms with Crippen molar-refractivity contribution >= 4 is 40.2 Å². The highest BCUT2D eigenvalue weighted by Crippen LogP contribution is 2.25. The third-order valence-electron chi connectivity index (χ3n) is 6.59. The van der Waals surface area contributed by atoms with Gasteiger partial charge in [-0.3, -0.25) is 23.9 Å². The summed E-state index contributed by atoms with van der Waals surface area (Å²) in [5.74, 6) is -0.288. The van der Waals surface area contributed by atoms with Crippen LogP contribution in [0, 0.1) is 6.92 Å². The average molecular weight is 504 g/mol. The van der Waals surface area contributed by atoms with Gasteiger partial charge in [0.25, 0.3) is 5.91 Å². The minimum Gasteiger partial charge on any atom is -0.325 e. The zero-order valence-corrected chi connectivity index (χ0v) is 21.4. The van der Waals surface area contributed by atoms with Gasteiger partial charge in [0.2, 0.25) is 11.7 Å². The SMILES string of the molecule is Cc1ncc(NC(=O)C[C@@H]2CCCN2C(C)C)cc1NC(=O)c1nnc2cc(-c3ccsc3)ccn12. The van der Waals surface area contributed by atoms with E-state index in [1.165, 1.54) is 0 Å². The van der Waals surface area contributed by atoms with Crippen LogP contribution in [0.25, 0.3) is 16.8 Å². The molecule has 1 saturated heterocycles. The quantitative estimate of drug-likeness (QED) is 0.382. The molecule has 4 aromatic heterocycles. The molecule has 1 fully saturated rings. The number of hydrogen-bond donors (Lipinski definition) is 2. The van der Waals surface area contributed by atoms with Crippen molar-refractivity contribution in [2.24, 2.45) is 0 Å². The van der Waals surface area contributed by atoms with Gasteiger partial charge < -0.3 is 10.6 Å². The first-order valence-corrected chi connectivity index (χ1v) is 13.0. The molecular weight excluding hydrogens is 474 g/mol. The molecule has 186 valence electrons. The number of nitrogens with one attached hydrogen (secondary N) is 2. The molecule has 0 spiro atoms. The average Bonchev–Trinajstić information content (AvgIpc) is 3.61. The highest BCUT2D eigenvalue weighted by molar-refractivity contribution is 7.08. The van der Waals surface area contributed by atoms with Crippen molar-refractivity contribution < 1.29 is 9.59 Å². The monoisotopic (exact) mass is 503 g/mol. The van der Waals surface area contributed by atoms with Crippen molar-refractivity contribution in [3.63, 3.8) is 0 Å². The first kappa shape index (κ1) is 24.1. The number of aromatic nitrogens is 4. The summed E-state index contributed by atoms with van der Waals surface area (Å²) in [6.45, 7) is 7.16. The second-order valence-electron chi connectivity index (χ2n) is 9.37. The number of rotatable bonds is 7. The Kier molecular flexibility index (Phi) is 6.80. The van der Waals surface area contributed by atoms with E-state index < -0.39 is 5.91 Å². The molecule has 1 aliphatic rings. The normalized spacial score (nSPS) is 16.1. The van der Waals surface area contributed by atoms with E-state index in [4.69, 9.17) is 0 Å². The van der Waals surface area contributed by atoms with Crippen molar-refractivity contribution in [3.05, 3.63) is 58.9 Å². The van der Waals surface area contributed by atoms with E-state index in [-0.39, 0.29) is 17.8 Å². The van der Waals surface area contributed by atoms with Gasteiger partial charge >= 0.3 is 0 Å². The van der Waals surface area contributed by atoms with Crippen LogP contribution in [0.15, 0.2) is 47.4 Å². The molecule has 0 unspecified atom stereocenters. The molecule has 0 bridgehead atoms. The van der Waals surface area contributed by atoms with Gasteiger partial charge in [0.15, 0.2) is 5.65 Å². The summed E-state index contributed by atoms with van der Waals surface area (Å²) in [6.07, 6.45) is 5.98. The van der Waals surface area contributed by atoms with E-state index in [0.29, 0.717) is 35.2 Å². The smallest absolute Gasteiger partial charge is 0.294 e. The highest BCUT2D eigenvalue weighted by atomic mass is 32.1. The van der Waals surface area contributed by atoms with Gasteiger partial charge in [-0.15, -0.1) is 10.2 Å². The molecule has 36 heavy (non-hydrogen) atoms.